The molecule has 2 rings (SSSR count). The normalized spacial score (nSPS) is 10.6. The number of anilines is 1. The summed E-state index contributed by atoms with van der Waals surface area (Å²) in [6.45, 7) is 0. The number of methoxy groups -OCH3 is 1. The van der Waals surface area contributed by atoms with E-state index in [9.17, 15) is 4.79 Å². The predicted molar refractivity (Wildman–Crippen MR) is 87.1 cm³/mol. The molecule has 0 saturated carbocycles. The van der Waals surface area contributed by atoms with Gasteiger partial charge in [-0.15, -0.1) is 0 Å². The number of carbonyl (C=O) groups is 1. The summed E-state index contributed by atoms with van der Waals surface area (Å²) >= 11 is 12.0. The van der Waals surface area contributed by atoms with E-state index in [0.29, 0.717) is 21.5 Å². The van der Waals surface area contributed by atoms with Gasteiger partial charge in [-0.3, -0.25) is 4.79 Å². The van der Waals surface area contributed by atoms with Crippen molar-refractivity contribution in [1.29, 1.82) is 0 Å². The van der Waals surface area contributed by atoms with Crippen molar-refractivity contribution in [2.24, 2.45) is 0 Å². The van der Waals surface area contributed by atoms with Gasteiger partial charge >= 0.3 is 0 Å². The highest BCUT2D eigenvalue weighted by Crippen LogP contribution is 2.27. The number of hydrogen-bond acceptors (Lipinski definition) is 2. The first-order valence-electron chi connectivity index (χ1n) is 6.17. The molecule has 2 aromatic rings. The van der Waals surface area contributed by atoms with Crippen molar-refractivity contribution in [3.8, 4) is 5.75 Å². The summed E-state index contributed by atoms with van der Waals surface area (Å²) in [6, 6.07) is 12.3. The molecule has 0 heterocycles. The Labute approximate surface area is 133 Å². The number of carbonyl (C=O) groups excluding carboxylic acids is 1. The lowest BCUT2D eigenvalue weighted by molar-refractivity contribution is -0.111. The van der Waals surface area contributed by atoms with Crippen molar-refractivity contribution in [2.75, 3.05) is 12.4 Å². The van der Waals surface area contributed by atoms with Crippen molar-refractivity contribution in [1.82, 2.24) is 0 Å². The van der Waals surface area contributed by atoms with E-state index in [0.717, 1.165) is 5.56 Å². The van der Waals surface area contributed by atoms with Gasteiger partial charge in [-0.1, -0.05) is 41.4 Å². The third-order valence-corrected chi connectivity index (χ3v) is 3.38. The molecule has 0 aromatic heterocycles. The van der Waals surface area contributed by atoms with E-state index in [1.165, 1.54) is 13.2 Å². The molecule has 108 valence electrons. The highest BCUT2D eigenvalue weighted by molar-refractivity contribution is 6.32. The van der Waals surface area contributed by atoms with E-state index in [1.807, 2.05) is 18.2 Å². The van der Waals surface area contributed by atoms with Gasteiger partial charge in [0.15, 0.2) is 0 Å². The molecule has 1 amide bonds. The van der Waals surface area contributed by atoms with Gasteiger partial charge in [0.1, 0.15) is 5.75 Å². The monoisotopic (exact) mass is 321 g/mol. The molecular weight excluding hydrogens is 309 g/mol. The van der Waals surface area contributed by atoms with Gasteiger partial charge in [0.25, 0.3) is 0 Å². The molecule has 0 fully saturated rings. The van der Waals surface area contributed by atoms with E-state index in [1.54, 1.807) is 30.3 Å². The van der Waals surface area contributed by atoms with E-state index < -0.39 is 0 Å². The van der Waals surface area contributed by atoms with Crippen LogP contribution in [0.15, 0.2) is 48.5 Å². The van der Waals surface area contributed by atoms with Crippen LogP contribution >= 0.6 is 23.2 Å². The molecule has 0 atom stereocenters. The van der Waals surface area contributed by atoms with Gasteiger partial charge in [-0.2, -0.15) is 0 Å². The first-order valence-corrected chi connectivity index (χ1v) is 6.93. The van der Waals surface area contributed by atoms with Gasteiger partial charge in [0.2, 0.25) is 5.91 Å². The van der Waals surface area contributed by atoms with Crippen molar-refractivity contribution < 1.29 is 9.53 Å². The van der Waals surface area contributed by atoms with Gasteiger partial charge < -0.3 is 10.1 Å². The number of halogens is 2. The second-order valence-corrected chi connectivity index (χ2v) is 5.01. The van der Waals surface area contributed by atoms with E-state index in [-0.39, 0.29) is 5.91 Å². The molecule has 0 aliphatic rings. The van der Waals surface area contributed by atoms with Crippen LogP contribution in [0.1, 0.15) is 5.56 Å². The molecule has 3 nitrogen and oxygen atoms in total. The summed E-state index contributed by atoms with van der Waals surface area (Å²) in [5.41, 5.74) is 1.37. The Morgan fingerprint density at radius 2 is 1.90 bits per heavy atom. The summed E-state index contributed by atoms with van der Waals surface area (Å²) in [5, 5.41) is 3.74. The van der Waals surface area contributed by atoms with Crippen LogP contribution in [-0.2, 0) is 4.79 Å². The SMILES string of the molecule is COc1ccc(NC(=O)C=Cc2ccccc2Cl)cc1Cl. The number of benzene rings is 2. The first-order chi connectivity index (χ1) is 10.1. The molecule has 0 spiro atoms. The standard InChI is InChI=1S/C16H13Cl2NO2/c1-21-15-8-7-12(10-14(15)18)19-16(20)9-6-11-4-2-3-5-13(11)17/h2-10H,1H3,(H,19,20). The van der Waals surface area contributed by atoms with Crippen molar-refractivity contribution in [3.63, 3.8) is 0 Å². The third kappa shape index (κ3) is 4.25. The smallest absolute Gasteiger partial charge is 0.248 e. The molecule has 21 heavy (non-hydrogen) atoms. The average Bonchev–Trinajstić information content (AvgIpc) is 2.46. The number of rotatable bonds is 4. The van der Waals surface area contributed by atoms with E-state index in [4.69, 9.17) is 27.9 Å². The lowest BCUT2D eigenvalue weighted by atomic mass is 10.2. The molecule has 0 aliphatic heterocycles. The van der Waals surface area contributed by atoms with Crippen molar-refractivity contribution in [3.05, 3.63) is 64.1 Å². The Hall–Kier alpha value is -1.97. The summed E-state index contributed by atoms with van der Waals surface area (Å²) in [4.78, 5) is 11.8. The molecule has 5 heteroatoms. The maximum atomic E-state index is 11.8. The molecule has 0 radical (unpaired) electrons. The number of ether oxygens (including phenoxy) is 1. The molecular formula is C16H13Cl2NO2. The van der Waals surface area contributed by atoms with Crippen LogP contribution in [0.3, 0.4) is 0 Å². The zero-order chi connectivity index (χ0) is 15.2. The summed E-state index contributed by atoms with van der Waals surface area (Å²) in [6.07, 6.45) is 3.07. The van der Waals surface area contributed by atoms with Crippen LogP contribution in [0.25, 0.3) is 6.08 Å². The third-order valence-electron chi connectivity index (χ3n) is 2.74. The van der Waals surface area contributed by atoms with Crippen LogP contribution in [0.4, 0.5) is 5.69 Å². The molecule has 0 saturated heterocycles. The van der Waals surface area contributed by atoms with Crippen LogP contribution in [-0.4, -0.2) is 13.0 Å². The maximum absolute atomic E-state index is 11.8. The summed E-state index contributed by atoms with van der Waals surface area (Å²) in [5.74, 6) is 0.289. The van der Waals surface area contributed by atoms with Crippen molar-refractivity contribution in [2.45, 2.75) is 0 Å². The van der Waals surface area contributed by atoms with Crippen molar-refractivity contribution >= 4 is 40.9 Å². The minimum atomic E-state index is -0.267. The van der Waals surface area contributed by atoms with E-state index >= 15 is 0 Å². The zero-order valence-electron chi connectivity index (χ0n) is 11.3. The lowest BCUT2D eigenvalue weighted by Gasteiger charge is -2.06. The topological polar surface area (TPSA) is 38.3 Å². The fraction of sp³-hybridized carbons (Fsp3) is 0.0625. The lowest BCUT2D eigenvalue weighted by Crippen LogP contribution is -2.07. The van der Waals surface area contributed by atoms with Gasteiger partial charge in [0, 0.05) is 16.8 Å². The van der Waals surface area contributed by atoms with Gasteiger partial charge in [-0.25, -0.2) is 0 Å². The molecule has 1 N–H and O–H groups in total. The fourth-order valence-electron chi connectivity index (χ4n) is 1.70. The number of amides is 1. The van der Waals surface area contributed by atoms with Crippen LogP contribution in [0, 0.1) is 0 Å². The second kappa shape index (κ2) is 7.16. The largest absolute Gasteiger partial charge is 0.495 e. The summed E-state index contributed by atoms with van der Waals surface area (Å²) in [7, 11) is 1.53. The quantitative estimate of drug-likeness (QED) is 0.832. The first kappa shape index (κ1) is 15.4. The van der Waals surface area contributed by atoms with Crippen LogP contribution < -0.4 is 10.1 Å². The van der Waals surface area contributed by atoms with Crippen LogP contribution in [0.2, 0.25) is 10.0 Å². The number of hydrogen-bond donors (Lipinski definition) is 1. The Balaban J connectivity index is 2.05. The molecule has 0 bridgehead atoms. The second-order valence-electron chi connectivity index (χ2n) is 4.19. The molecule has 0 unspecified atom stereocenters. The highest BCUT2D eigenvalue weighted by Gasteiger charge is 2.04. The van der Waals surface area contributed by atoms with Gasteiger partial charge in [0.05, 0.1) is 12.1 Å². The maximum Gasteiger partial charge on any atom is 0.248 e. The Bertz CT molecular complexity index is 684. The Morgan fingerprint density at radius 1 is 1.14 bits per heavy atom. The summed E-state index contributed by atoms with van der Waals surface area (Å²) < 4.78 is 5.05. The Kier molecular flexibility index (Phi) is 5.26. The fourth-order valence-corrected chi connectivity index (χ4v) is 2.16. The van der Waals surface area contributed by atoms with Gasteiger partial charge in [-0.05, 0) is 35.9 Å². The van der Waals surface area contributed by atoms with Crippen LogP contribution in [0.5, 0.6) is 5.75 Å². The Morgan fingerprint density at radius 3 is 2.57 bits per heavy atom. The highest BCUT2D eigenvalue weighted by atomic mass is 35.5. The minimum absolute atomic E-state index is 0.267. The van der Waals surface area contributed by atoms with E-state index in [2.05, 4.69) is 5.32 Å². The zero-order valence-corrected chi connectivity index (χ0v) is 12.8. The molecule has 0 aliphatic carbocycles. The number of nitrogens with one attached hydrogen (secondary N) is 1. The predicted octanol–water partition coefficient (Wildman–Crippen LogP) is 4.65. The minimum Gasteiger partial charge on any atom is -0.495 e. The molecule has 2 aromatic carbocycles. The average molecular weight is 322 g/mol.